The summed E-state index contributed by atoms with van der Waals surface area (Å²) in [6.45, 7) is 4.09. The summed E-state index contributed by atoms with van der Waals surface area (Å²) in [4.78, 5) is 30.8. The number of nitrogens with zero attached hydrogens (tertiary/aromatic N) is 5. The molecule has 222 valence electrons. The predicted molar refractivity (Wildman–Crippen MR) is 165 cm³/mol. The van der Waals surface area contributed by atoms with Crippen LogP contribution in [-0.4, -0.2) is 63.1 Å². The van der Waals surface area contributed by atoms with Crippen molar-refractivity contribution in [3.05, 3.63) is 93.5 Å². The largest absolute Gasteiger partial charge is 0.392 e. The van der Waals surface area contributed by atoms with Crippen LogP contribution in [-0.2, 0) is 31.5 Å². The molecule has 1 aliphatic carbocycles. The van der Waals surface area contributed by atoms with Gasteiger partial charge in [0, 0.05) is 61.8 Å². The van der Waals surface area contributed by atoms with Crippen LogP contribution in [0.3, 0.4) is 0 Å². The number of aromatic nitrogens is 3. The fraction of sp³-hybridized carbons (Fsp3) is 0.364. The first-order valence-corrected chi connectivity index (χ1v) is 15.0. The second-order valence-corrected chi connectivity index (χ2v) is 11.7. The molecule has 10 heteroatoms. The van der Waals surface area contributed by atoms with Crippen LogP contribution in [0.4, 0.5) is 17.2 Å². The quantitative estimate of drug-likeness (QED) is 0.326. The lowest BCUT2D eigenvalue weighted by atomic mass is 9.93. The van der Waals surface area contributed by atoms with Crippen LogP contribution >= 0.6 is 0 Å². The average Bonchev–Trinajstić information content (AvgIpc) is 3.79. The SMILES string of the molecule is Cn1cc(-c2cccc(N3CCc4cc(C5CC5)ccc4C3=O)c2CO)cc(Nc2ccn(CN3CCOCC3)n2)c1=O. The van der Waals surface area contributed by atoms with E-state index in [-0.39, 0.29) is 18.1 Å². The number of carbonyl (C=O) groups excluding carboxylic acids is 1. The molecule has 1 saturated heterocycles. The molecule has 2 fully saturated rings. The van der Waals surface area contributed by atoms with Crippen molar-refractivity contribution in [2.45, 2.75) is 38.5 Å². The number of anilines is 3. The number of aliphatic hydroxyl groups is 1. The smallest absolute Gasteiger partial charge is 0.274 e. The van der Waals surface area contributed by atoms with Crippen molar-refractivity contribution in [3.8, 4) is 11.1 Å². The lowest BCUT2D eigenvalue weighted by Gasteiger charge is -2.31. The third-order valence-electron chi connectivity index (χ3n) is 8.70. The number of amides is 1. The zero-order valence-electron chi connectivity index (χ0n) is 24.3. The normalized spacial score (nSPS) is 17.3. The van der Waals surface area contributed by atoms with Crippen molar-refractivity contribution in [1.29, 1.82) is 0 Å². The summed E-state index contributed by atoms with van der Waals surface area (Å²) in [5, 5.41) is 18.4. The Morgan fingerprint density at radius 2 is 1.86 bits per heavy atom. The van der Waals surface area contributed by atoms with Gasteiger partial charge in [-0.25, -0.2) is 0 Å². The van der Waals surface area contributed by atoms with Crippen LogP contribution in [0.1, 0.15) is 45.8 Å². The van der Waals surface area contributed by atoms with E-state index in [1.54, 1.807) is 24.2 Å². The summed E-state index contributed by atoms with van der Waals surface area (Å²) in [6.07, 6.45) is 6.87. The fourth-order valence-electron chi connectivity index (χ4n) is 6.21. The standard InChI is InChI=1S/C33H36N6O4/c1-36-19-25(18-29(33(36)42)34-31-10-11-38(35-31)21-37-13-15-43-16-14-37)26-3-2-4-30(28(26)20-40)39-12-9-24-17-23(22-5-6-22)7-8-27(24)32(39)41/h2-4,7-8,10-11,17-19,22,40H,5-6,9,12-16,20-21H2,1H3,(H,34,35). The summed E-state index contributed by atoms with van der Waals surface area (Å²) in [5.74, 6) is 1.16. The summed E-state index contributed by atoms with van der Waals surface area (Å²) in [6, 6.07) is 15.6. The number of fused-ring (bicyclic) bond motifs is 1. The van der Waals surface area contributed by atoms with E-state index in [0.717, 1.165) is 41.8 Å². The first-order chi connectivity index (χ1) is 21.0. The molecule has 1 saturated carbocycles. The zero-order chi connectivity index (χ0) is 29.5. The number of hydrogen-bond donors (Lipinski definition) is 2. The van der Waals surface area contributed by atoms with Crippen LogP contribution in [0.15, 0.2) is 65.7 Å². The Balaban J connectivity index is 1.17. The maximum atomic E-state index is 13.7. The highest BCUT2D eigenvalue weighted by atomic mass is 16.5. The molecule has 0 unspecified atom stereocenters. The molecular formula is C33H36N6O4. The summed E-state index contributed by atoms with van der Waals surface area (Å²) in [5.41, 5.74) is 6.20. The van der Waals surface area contributed by atoms with E-state index in [1.165, 1.54) is 23.0 Å². The molecule has 0 spiro atoms. The van der Waals surface area contributed by atoms with Crippen LogP contribution in [0.5, 0.6) is 0 Å². The van der Waals surface area contributed by atoms with Crippen molar-refractivity contribution in [2.24, 2.45) is 7.05 Å². The number of aryl methyl sites for hydroxylation is 1. The van der Waals surface area contributed by atoms with Crippen molar-refractivity contribution in [2.75, 3.05) is 43.1 Å². The molecule has 0 radical (unpaired) electrons. The van der Waals surface area contributed by atoms with Gasteiger partial charge in [-0.3, -0.25) is 19.2 Å². The summed E-state index contributed by atoms with van der Waals surface area (Å²) >= 11 is 0. The van der Waals surface area contributed by atoms with Gasteiger partial charge in [0.1, 0.15) is 5.69 Å². The highest BCUT2D eigenvalue weighted by molar-refractivity contribution is 6.09. The molecule has 7 rings (SSSR count). The van der Waals surface area contributed by atoms with E-state index in [4.69, 9.17) is 4.74 Å². The molecule has 43 heavy (non-hydrogen) atoms. The van der Waals surface area contributed by atoms with Gasteiger partial charge < -0.3 is 24.6 Å². The van der Waals surface area contributed by atoms with E-state index in [2.05, 4.69) is 27.4 Å². The monoisotopic (exact) mass is 580 g/mol. The van der Waals surface area contributed by atoms with Crippen molar-refractivity contribution in [3.63, 3.8) is 0 Å². The summed E-state index contributed by atoms with van der Waals surface area (Å²) in [7, 11) is 1.71. The predicted octanol–water partition coefficient (Wildman–Crippen LogP) is 3.85. The molecule has 0 bridgehead atoms. The number of nitrogens with one attached hydrogen (secondary N) is 1. The fourth-order valence-corrected chi connectivity index (χ4v) is 6.21. The Kier molecular flexibility index (Phi) is 7.34. The van der Waals surface area contributed by atoms with Crippen molar-refractivity contribution >= 4 is 23.1 Å². The van der Waals surface area contributed by atoms with E-state index >= 15 is 0 Å². The maximum Gasteiger partial charge on any atom is 0.274 e. The number of rotatable bonds is 8. The second-order valence-electron chi connectivity index (χ2n) is 11.7. The van der Waals surface area contributed by atoms with Crippen LogP contribution in [0.25, 0.3) is 11.1 Å². The van der Waals surface area contributed by atoms with Crippen LogP contribution in [0.2, 0.25) is 0 Å². The van der Waals surface area contributed by atoms with Gasteiger partial charge in [-0.05, 0) is 60.1 Å². The van der Waals surface area contributed by atoms with Gasteiger partial charge in [-0.2, -0.15) is 5.10 Å². The molecular weight excluding hydrogens is 544 g/mol. The number of pyridine rings is 1. The number of carbonyl (C=O) groups is 1. The topological polar surface area (TPSA) is 105 Å². The molecule has 3 aliphatic rings. The van der Waals surface area contributed by atoms with Crippen molar-refractivity contribution < 1.29 is 14.6 Å². The highest BCUT2D eigenvalue weighted by Gasteiger charge is 2.30. The number of benzene rings is 2. The van der Waals surface area contributed by atoms with Gasteiger partial charge >= 0.3 is 0 Å². The minimum atomic E-state index is -0.250. The van der Waals surface area contributed by atoms with E-state index in [0.29, 0.717) is 55.1 Å². The Hall–Kier alpha value is -4.25. The third-order valence-corrected chi connectivity index (χ3v) is 8.70. The van der Waals surface area contributed by atoms with E-state index in [9.17, 15) is 14.7 Å². The zero-order valence-corrected chi connectivity index (χ0v) is 24.3. The molecule has 2 aromatic carbocycles. The average molecular weight is 581 g/mol. The third kappa shape index (κ3) is 5.49. The number of morpholine rings is 1. The van der Waals surface area contributed by atoms with Gasteiger partial charge in [-0.15, -0.1) is 0 Å². The number of aliphatic hydroxyl groups excluding tert-OH is 1. The summed E-state index contributed by atoms with van der Waals surface area (Å²) < 4.78 is 8.80. The van der Waals surface area contributed by atoms with Gasteiger partial charge in [0.15, 0.2) is 5.82 Å². The van der Waals surface area contributed by atoms with Crippen molar-refractivity contribution in [1.82, 2.24) is 19.2 Å². The Morgan fingerprint density at radius 3 is 2.65 bits per heavy atom. The number of ether oxygens (including phenoxy) is 1. The van der Waals surface area contributed by atoms with E-state index < -0.39 is 0 Å². The van der Waals surface area contributed by atoms with Gasteiger partial charge in [0.05, 0.1) is 32.2 Å². The van der Waals surface area contributed by atoms with Gasteiger partial charge in [0.25, 0.3) is 11.5 Å². The molecule has 0 atom stereocenters. The Labute approximate surface area is 250 Å². The van der Waals surface area contributed by atoms with E-state index in [1.807, 2.05) is 41.2 Å². The lowest BCUT2D eigenvalue weighted by molar-refractivity contribution is 0.0214. The van der Waals surface area contributed by atoms with Gasteiger partial charge in [0.2, 0.25) is 0 Å². The Bertz CT molecular complexity index is 1730. The molecule has 10 nitrogen and oxygen atoms in total. The highest BCUT2D eigenvalue weighted by Crippen LogP contribution is 2.41. The lowest BCUT2D eigenvalue weighted by Crippen LogP contribution is -2.38. The molecule has 2 N–H and O–H groups in total. The minimum absolute atomic E-state index is 0.0501. The maximum absolute atomic E-state index is 13.7. The molecule has 4 heterocycles. The first kappa shape index (κ1) is 27.6. The molecule has 2 aliphatic heterocycles. The molecule has 1 amide bonds. The molecule has 4 aromatic rings. The van der Waals surface area contributed by atoms with Gasteiger partial charge in [-0.1, -0.05) is 24.3 Å². The van der Waals surface area contributed by atoms with Crippen LogP contribution in [0, 0.1) is 0 Å². The number of hydrogen-bond acceptors (Lipinski definition) is 7. The first-order valence-electron chi connectivity index (χ1n) is 15.0. The van der Waals surface area contributed by atoms with Crippen LogP contribution < -0.4 is 15.8 Å². The minimum Gasteiger partial charge on any atom is -0.392 e. The Morgan fingerprint density at radius 1 is 1.02 bits per heavy atom. The second kappa shape index (κ2) is 11.4. The molecule has 2 aromatic heterocycles.